The van der Waals surface area contributed by atoms with Gasteiger partial charge in [-0.25, -0.2) is 0 Å². The molecule has 0 atom stereocenters. The fourth-order valence-electron chi connectivity index (χ4n) is 0.204. The zero-order chi connectivity index (χ0) is 4.12. The molecule has 2 radical (unpaired) electrons. The van der Waals surface area contributed by atoms with E-state index >= 15 is 0 Å². The molecule has 0 aromatic rings. The quantitative estimate of drug-likeness (QED) is 0.610. The van der Waals surface area contributed by atoms with Gasteiger partial charge in [0.1, 0.15) is 0 Å². The van der Waals surface area contributed by atoms with E-state index in [4.69, 9.17) is 4.74 Å². The first-order valence-corrected chi connectivity index (χ1v) is 1.99. The molecule has 0 N–H and O–H groups in total. The molecule has 0 saturated heterocycles. The Morgan fingerprint density at radius 2 is 1.50 bits per heavy atom. The maximum Gasteiger partial charge on any atom is 0.0437 e. The summed E-state index contributed by atoms with van der Waals surface area (Å²) in [7, 11) is 0. The smallest absolute Gasteiger partial charge is 0.0437 e. The number of rotatable bonds is 2. The van der Waals surface area contributed by atoms with Crippen molar-refractivity contribution in [1.29, 1.82) is 0 Å². The van der Waals surface area contributed by atoms with Crippen molar-refractivity contribution in [2.45, 2.75) is 13.8 Å². The third-order valence-corrected chi connectivity index (χ3v) is 0.408. The molecule has 2 heteroatoms. The Labute approximate surface area is 79.5 Å². The summed E-state index contributed by atoms with van der Waals surface area (Å²) in [6, 6.07) is 0. The normalized spacial score (nSPS) is 7.00. The molecule has 0 fully saturated rings. The number of ether oxygens (including phenoxy) is 1. The van der Waals surface area contributed by atoms with Gasteiger partial charge in [0.05, 0.1) is 0 Å². The second-order valence-electron chi connectivity index (χ2n) is 0.781. The van der Waals surface area contributed by atoms with Gasteiger partial charge in [-0.1, -0.05) is 0 Å². The van der Waals surface area contributed by atoms with E-state index in [2.05, 4.69) is 0 Å². The molecule has 0 aromatic heterocycles. The van der Waals surface area contributed by atoms with Gasteiger partial charge in [-0.05, 0) is 13.8 Å². The first-order valence-electron chi connectivity index (χ1n) is 1.99. The predicted octanol–water partition coefficient (Wildman–Crippen LogP) is 0.662. The zero-order valence-electron chi connectivity index (χ0n) is 4.53. The molecule has 0 spiro atoms. The fraction of sp³-hybridized carbons (Fsp3) is 1.00. The Hall–Kier alpha value is 1.53. The molecule has 0 unspecified atom stereocenters. The van der Waals surface area contributed by atoms with Gasteiger partial charge in [0, 0.05) is 62.1 Å². The molecular weight excluding hydrogens is 201 g/mol. The number of hydrogen-bond donors (Lipinski definition) is 0. The molecule has 0 bridgehead atoms. The van der Waals surface area contributed by atoms with Crippen LogP contribution in [-0.2, 0) is 4.74 Å². The predicted molar refractivity (Wildman–Crippen MR) is 27.9 cm³/mol. The van der Waals surface area contributed by atoms with Crippen LogP contribution in [0.3, 0.4) is 0 Å². The molecule has 0 amide bonds. The molecule has 1 nitrogen and oxygen atoms in total. The molecule has 34 valence electrons. The van der Waals surface area contributed by atoms with E-state index in [1.54, 1.807) is 0 Å². The van der Waals surface area contributed by atoms with Gasteiger partial charge in [-0.2, -0.15) is 0 Å². The zero-order valence-corrected chi connectivity index (χ0v) is 8.97. The average Bonchev–Trinajstić information content (AvgIpc) is 1.41. The van der Waals surface area contributed by atoms with Crippen LogP contribution in [0.15, 0.2) is 0 Å². The van der Waals surface area contributed by atoms with Gasteiger partial charge in [-0.3, -0.25) is 0 Å². The topological polar surface area (TPSA) is 9.23 Å². The van der Waals surface area contributed by atoms with E-state index in [0.717, 1.165) is 13.2 Å². The molecule has 0 aliphatic heterocycles. The van der Waals surface area contributed by atoms with Crippen LogP contribution in [0.4, 0.5) is 0 Å². The molecule has 0 aliphatic carbocycles. The van der Waals surface area contributed by atoms with Gasteiger partial charge in [0.25, 0.3) is 0 Å². The molecule has 0 rings (SSSR count). The van der Waals surface area contributed by atoms with E-state index in [1.165, 1.54) is 0 Å². The fourth-order valence-corrected chi connectivity index (χ4v) is 0.204. The van der Waals surface area contributed by atoms with Gasteiger partial charge in [-0.15, -0.1) is 0 Å². The summed E-state index contributed by atoms with van der Waals surface area (Å²) in [5.41, 5.74) is 0. The Kier molecular flexibility index (Phi) is 17.0. The average molecular weight is 211 g/mol. The van der Waals surface area contributed by atoms with Crippen LogP contribution < -0.4 is 0 Å². The Balaban J connectivity index is 0. The van der Waals surface area contributed by atoms with Crippen molar-refractivity contribution in [1.82, 2.24) is 0 Å². The summed E-state index contributed by atoms with van der Waals surface area (Å²) in [5, 5.41) is 0. The molecule has 0 aromatic carbocycles. The minimum Gasteiger partial charge on any atom is -0.382 e. The van der Waals surface area contributed by atoms with Crippen LogP contribution in [0.5, 0.6) is 0 Å². The second-order valence-corrected chi connectivity index (χ2v) is 0.781. The first kappa shape index (κ1) is 10.5. The van der Waals surface area contributed by atoms with Gasteiger partial charge >= 0.3 is 0 Å². The second kappa shape index (κ2) is 9.73. The molecule has 0 heterocycles. The van der Waals surface area contributed by atoms with Crippen LogP contribution in [0.2, 0.25) is 0 Å². The van der Waals surface area contributed by atoms with Crippen molar-refractivity contribution in [3.8, 4) is 0 Å². The van der Waals surface area contributed by atoms with Crippen molar-refractivity contribution in [2.75, 3.05) is 13.2 Å². The van der Waals surface area contributed by atoms with Crippen molar-refractivity contribution in [3.63, 3.8) is 0 Å². The SMILES string of the molecule is CCOCC.[Ba]. The largest absolute Gasteiger partial charge is 0.382 e. The van der Waals surface area contributed by atoms with Gasteiger partial charge in [0.15, 0.2) is 0 Å². The standard InChI is InChI=1S/C4H10O.Ba/c1-3-5-4-2;/h3-4H2,1-2H3;. The number of hydrogen-bond acceptors (Lipinski definition) is 1. The summed E-state index contributed by atoms with van der Waals surface area (Å²) in [6.07, 6.45) is 0. The summed E-state index contributed by atoms with van der Waals surface area (Å²) >= 11 is 0. The summed E-state index contributed by atoms with van der Waals surface area (Å²) in [6.45, 7) is 5.67. The van der Waals surface area contributed by atoms with Crippen LogP contribution in [0.1, 0.15) is 13.8 Å². The minimum atomic E-state index is 0. The summed E-state index contributed by atoms with van der Waals surface area (Å²) in [5.74, 6) is 0. The Morgan fingerprint density at radius 1 is 1.17 bits per heavy atom. The molecule has 0 saturated carbocycles. The monoisotopic (exact) mass is 212 g/mol. The maximum atomic E-state index is 4.83. The molecule has 0 aliphatic rings. The summed E-state index contributed by atoms with van der Waals surface area (Å²) < 4.78 is 4.83. The van der Waals surface area contributed by atoms with Crippen molar-refractivity contribution in [3.05, 3.63) is 0 Å². The van der Waals surface area contributed by atoms with Crippen LogP contribution >= 0.6 is 0 Å². The van der Waals surface area contributed by atoms with E-state index in [1.807, 2.05) is 13.8 Å². The van der Waals surface area contributed by atoms with E-state index < -0.39 is 0 Å². The minimum absolute atomic E-state index is 0. The van der Waals surface area contributed by atoms with E-state index in [-0.39, 0.29) is 48.9 Å². The van der Waals surface area contributed by atoms with Crippen molar-refractivity contribution >= 4 is 48.9 Å². The van der Waals surface area contributed by atoms with Gasteiger partial charge < -0.3 is 4.74 Å². The molecular formula is C4H10BaO. The first-order chi connectivity index (χ1) is 2.41. The van der Waals surface area contributed by atoms with Crippen LogP contribution in [0.25, 0.3) is 0 Å². The van der Waals surface area contributed by atoms with E-state index in [0.29, 0.717) is 0 Å². The van der Waals surface area contributed by atoms with E-state index in [9.17, 15) is 0 Å². The van der Waals surface area contributed by atoms with Gasteiger partial charge in [0.2, 0.25) is 0 Å². The third-order valence-electron chi connectivity index (χ3n) is 0.408. The third kappa shape index (κ3) is 9.11. The van der Waals surface area contributed by atoms with Crippen LogP contribution in [-0.4, -0.2) is 62.1 Å². The van der Waals surface area contributed by atoms with Crippen molar-refractivity contribution in [2.24, 2.45) is 0 Å². The molecule has 6 heavy (non-hydrogen) atoms. The van der Waals surface area contributed by atoms with Crippen molar-refractivity contribution < 1.29 is 4.74 Å². The maximum absolute atomic E-state index is 4.83. The van der Waals surface area contributed by atoms with Crippen LogP contribution in [0, 0.1) is 0 Å². The summed E-state index contributed by atoms with van der Waals surface area (Å²) in [4.78, 5) is 0. The Bertz CT molecular complexity index is 15.0. The Morgan fingerprint density at radius 3 is 1.50 bits per heavy atom.